The van der Waals surface area contributed by atoms with Crippen LogP contribution in [0.25, 0.3) is 5.70 Å². The Bertz CT molecular complexity index is 1020. The first-order chi connectivity index (χ1) is 13.6. The highest BCUT2D eigenvalue weighted by molar-refractivity contribution is 6.34. The number of aromatic nitrogens is 2. The molecule has 29 heavy (non-hydrogen) atoms. The van der Waals surface area contributed by atoms with E-state index in [1.807, 2.05) is 0 Å². The van der Waals surface area contributed by atoms with Gasteiger partial charge in [0.15, 0.2) is 0 Å². The number of allylic oxidation sites excluding steroid dienone is 1. The Morgan fingerprint density at radius 2 is 2.07 bits per heavy atom. The van der Waals surface area contributed by atoms with Crippen molar-refractivity contribution in [3.05, 3.63) is 63.2 Å². The van der Waals surface area contributed by atoms with Gasteiger partial charge in [-0.2, -0.15) is 13.2 Å². The van der Waals surface area contributed by atoms with Crippen molar-refractivity contribution in [1.29, 1.82) is 5.41 Å². The predicted molar refractivity (Wildman–Crippen MR) is 103 cm³/mol. The molecule has 1 aromatic carbocycles. The van der Waals surface area contributed by atoms with Gasteiger partial charge in [0.1, 0.15) is 5.82 Å². The maximum atomic E-state index is 13.1. The minimum atomic E-state index is -4.65. The smallest absolute Gasteiger partial charge is 0.397 e. The number of carbonyl (C=O) groups is 1. The number of aryl methyl sites for hydroxylation is 1. The minimum absolute atomic E-state index is 0.0922. The van der Waals surface area contributed by atoms with Gasteiger partial charge in [0.25, 0.3) is 5.91 Å². The standard InChI is InChI=1S/C19H17ClF3N5O/c1-10-26-15-9-28(8-6-11(15)17(27-10)14(25)5-7-24)18(29)12-3-2-4-13(16(12)20)19(21,22)23/h2-5,7,24H,6,8-9,25H2,1H3/b14-5-,24-7?. The maximum absolute atomic E-state index is 13.1. The third-order valence-corrected chi connectivity index (χ3v) is 4.94. The summed E-state index contributed by atoms with van der Waals surface area (Å²) in [6.07, 6.45) is -1.82. The van der Waals surface area contributed by atoms with Crippen LogP contribution in [0.2, 0.25) is 5.02 Å². The molecule has 0 fully saturated rings. The number of nitrogens with zero attached hydrogens (tertiary/aromatic N) is 3. The number of hydrogen-bond donors (Lipinski definition) is 2. The first-order valence-corrected chi connectivity index (χ1v) is 8.99. The molecule has 152 valence electrons. The molecule has 0 atom stereocenters. The number of halogens is 4. The molecule has 6 nitrogen and oxygen atoms in total. The van der Waals surface area contributed by atoms with Crippen LogP contribution in [-0.4, -0.2) is 33.5 Å². The Labute approximate surface area is 169 Å². The van der Waals surface area contributed by atoms with Crippen molar-refractivity contribution >= 4 is 29.4 Å². The summed E-state index contributed by atoms with van der Waals surface area (Å²) in [5, 5.41) is 6.55. The second kappa shape index (κ2) is 7.82. The molecule has 1 aliphatic rings. The van der Waals surface area contributed by atoms with Crippen molar-refractivity contribution < 1.29 is 18.0 Å². The highest BCUT2D eigenvalue weighted by atomic mass is 35.5. The van der Waals surface area contributed by atoms with Crippen LogP contribution in [0.15, 0.2) is 24.3 Å². The van der Waals surface area contributed by atoms with Gasteiger partial charge in [0.05, 0.1) is 39.8 Å². The number of nitrogens with two attached hydrogens (primary N) is 1. The zero-order chi connectivity index (χ0) is 21.3. The Hall–Kier alpha value is -2.94. The summed E-state index contributed by atoms with van der Waals surface area (Å²) in [6.45, 7) is 2.01. The molecule has 2 heterocycles. The molecule has 10 heteroatoms. The zero-order valence-corrected chi connectivity index (χ0v) is 16.1. The van der Waals surface area contributed by atoms with E-state index >= 15 is 0 Å². The van der Waals surface area contributed by atoms with E-state index in [-0.39, 0.29) is 18.7 Å². The molecule has 1 aromatic heterocycles. The lowest BCUT2D eigenvalue weighted by atomic mass is 9.99. The third kappa shape index (κ3) is 4.09. The van der Waals surface area contributed by atoms with E-state index in [2.05, 4.69) is 9.97 Å². The van der Waals surface area contributed by atoms with E-state index in [9.17, 15) is 18.0 Å². The van der Waals surface area contributed by atoms with Crippen molar-refractivity contribution in [2.45, 2.75) is 26.1 Å². The molecular weight excluding hydrogens is 407 g/mol. The largest absolute Gasteiger partial charge is 0.417 e. The predicted octanol–water partition coefficient (Wildman–Crippen LogP) is 3.60. The molecule has 0 bridgehead atoms. The van der Waals surface area contributed by atoms with Crippen LogP contribution >= 0.6 is 11.6 Å². The molecule has 0 saturated heterocycles. The average molecular weight is 424 g/mol. The SMILES string of the molecule is Cc1nc2c(c(/C(N)=C/C=N)n1)CCN(C(=O)c1cccc(C(F)(F)F)c1Cl)C2. The summed E-state index contributed by atoms with van der Waals surface area (Å²) >= 11 is 5.90. The fraction of sp³-hybridized carbons (Fsp3) is 0.263. The first-order valence-electron chi connectivity index (χ1n) is 8.61. The topological polar surface area (TPSA) is 96.0 Å². The number of fused-ring (bicyclic) bond motifs is 1. The lowest BCUT2D eigenvalue weighted by molar-refractivity contribution is -0.137. The average Bonchev–Trinajstić information content (AvgIpc) is 2.65. The monoisotopic (exact) mass is 423 g/mol. The Kier molecular flexibility index (Phi) is 5.61. The second-order valence-corrected chi connectivity index (χ2v) is 6.85. The molecule has 0 radical (unpaired) electrons. The number of nitrogens with one attached hydrogen (secondary N) is 1. The number of benzene rings is 1. The van der Waals surface area contributed by atoms with Crippen molar-refractivity contribution in [3.63, 3.8) is 0 Å². The Morgan fingerprint density at radius 1 is 1.34 bits per heavy atom. The highest BCUT2D eigenvalue weighted by Crippen LogP contribution is 2.37. The summed E-state index contributed by atoms with van der Waals surface area (Å²) < 4.78 is 39.3. The minimum Gasteiger partial charge on any atom is -0.397 e. The van der Waals surface area contributed by atoms with Gasteiger partial charge in [0.2, 0.25) is 0 Å². The molecule has 2 aromatic rings. The van der Waals surface area contributed by atoms with Gasteiger partial charge >= 0.3 is 6.18 Å². The van der Waals surface area contributed by atoms with Gasteiger partial charge in [-0.3, -0.25) is 4.79 Å². The van der Waals surface area contributed by atoms with E-state index < -0.39 is 22.7 Å². The highest BCUT2D eigenvalue weighted by Gasteiger charge is 2.36. The molecule has 0 unspecified atom stereocenters. The van der Waals surface area contributed by atoms with Crippen molar-refractivity contribution in [1.82, 2.24) is 14.9 Å². The fourth-order valence-corrected chi connectivity index (χ4v) is 3.54. The summed E-state index contributed by atoms with van der Waals surface area (Å²) in [5.41, 5.74) is 6.85. The zero-order valence-electron chi connectivity index (χ0n) is 15.3. The molecule has 1 aliphatic heterocycles. The van der Waals surface area contributed by atoms with Crippen LogP contribution in [0.5, 0.6) is 0 Å². The van der Waals surface area contributed by atoms with Crippen molar-refractivity contribution in [3.8, 4) is 0 Å². The quantitative estimate of drug-likeness (QED) is 0.737. The van der Waals surface area contributed by atoms with Crippen molar-refractivity contribution in [2.75, 3.05) is 6.54 Å². The maximum Gasteiger partial charge on any atom is 0.417 e. The number of carbonyl (C=O) groups excluding carboxylic acids is 1. The van der Waals surface area contributed by atoms with Crippen LogP contribution < -0.4 is 5.73 Å². The van der Waals surface area contributed by atoms with E-state index in [1.54, 1.807) is 6.92 Å². The molecule has 0 spiro atoms. The lowest BCUT2D eigenvalue weighted by Gasteiger charge is -2.30. The van der Waals surface area contributed by atoms with Gasteiger partial charge < -0.3 is 16.0 Å². The molecular formula is C19H17ClF3N5O. The van der Waals surface area contributed by atoms with Crippen LogP contribution in [0, 0.1) is 12.3 Å². The molecule has 3 N–H and O–H groups in total. The van der Waals surface area contributed by atoms with Crippen LogP contribution in [0.1, 0.15) is 38.7 Å². The lowest BCUT2D eigenvalue weighted by Crippen LogP contribution is -2.37. The summed E-state index contributed by atoms with van der Waals surface area (Å²) in [4.78, 5) is 23.0. The molecule has 3 rings (SSSR count). The molecule has 0 aliphatic carbocycles. The summed E-state index contributed by atoms with van der Waals surface area (Å²) in [6, 6.07) is 3.27. The van der Waals surface area contributed by atoms with Crippen LogP contribution in [0.4, 0.5) is 13.2 Å². The molecule has 1 amide bonds. The van der Waals surface area contributed by atoms with Gasteiger partial charge in [-0.25, -0.2) is 9.97 Å². The van der Waals surface area contributed by atoms with Crippen LogP contribution in [0.3, 0.4) is 0 Å². The third-order valence-electron chi connectivity index (χ3n) is 4.53. The summed E-state index contributed by atoms with van der Waals surface area (Å²) in [7, 11) is 0. The van der Waals surface area contributed by atoms with E-state index in [4.69, 9.17) is 22.7 Å². The first kappa shape index (κ1) is 20.8. The number of amides is 1. The Balaban J connectivity index is 1.95. The van der Waals surface area contributed by atoms with E-state index in [0.717, 1.165) is 23.9 Å². The van der Waals surface area contributed by atoms with Gasteiger partial charge in [-0.15, -0.1) is 0 Å². The number of hydrogen-bond acceptors (Lipinski definition) is 5. The molecule has 0 saturated carbocycles. The van der Waals surface area contributed by atoms with Gasteiger partial charge in [0, 0.05) is 18.3 Å². The number of rotatable bonds is 3. The van der Waals surface area contributed by atoms with Crippen LogP contribution in [-0.2, 0) is 19.1 Å². The van der Waals surface area contributed by atoms with Crippen molar-refractivity contribution in [2.24, 2.45) is 5.73 Å². The second-order valence-electron chi connectivity index (χ2n) is 6.47. The van der Waals surface area contributed by atoms with Gasteiger partial charge in [-0.05, 0) is 31.6 Å². The van der Waals surface area contributed by atoms with E-state index in [0.29, 0.717) is 29.3 Å². The summed E-state index contributed by atoms with van der Waals surface area (Å²) in [5.74, 6) is -0.168. The Morgan fingerprint density at radius 3 is 2.72 bits per heavy atom. The fourth-order valence-electron chi connectivity index (χ4n) is 3.22. The van der Waals surface area contributed by atoms with Gasteiger partial charge in [-0.1, -0.05) is 17.7 Å². The van der Waals surface area contributed by atoms with E-state index in [1.165, 1.54) is 17.0 Å². The number of alkyl halides is 3. The normalized spacial score (nSPS) is 14.5.